The molecule has 1 aromatic carbocycles. The highest BCUT2D eigenvalue weighted by Gasteiger charge is 2.25. The summed E-state index contributed by atoms with van der Waals surface area (Å²) >= 11 is 6.27. The number of nitrogens with zero attached hydrogens (tertiary/aromatic N) is 4. The summed E-state index contributed by atoms with van der Waals surface area (Å²) in [5.41, 5.74) is 2.20. The number of carbonyl (C=O) groups is 1. The number of carbonyl (C=O) groups excluding carboxylic acids is 1. The molecule has 1 amide bonds. The molecular weight excluding hydrogens is 364 g/mol. The predicted octanol–water partition coefficient (Wildman–Crippen LogP) is 2.62. The molecule has 138 valence electrons. The van der Waals surface area contributed by atoms with Gasteiger partial charge in [0.05, 0.1) is 10.7 Å². The largest absolute Gasteiger partial charge is 0.367 e. The van der Waals surface area contributed by atoms with Crippen LogP contribution in [0.4, 0.5) is 5.69 Å². The third kappa shape index (κ3) is 3.28. The second-order valence-electron chi connectivity index (χ2n) is 6.64. The number of halogens is 1. The Morgan fingerprint density at radius 2 is 1.81 bits per heavy atom. The fraction of sp³-hybridized carbons (Fsp3) is 0.250. The fourth-order valence-electron chi connectivity index (χ4n) is 3.36. The van der Waals surface area contributed by atoms with Crippen LogP contribution in [-0.4, -0.2) is 46.4 Å². The van der Waals surface area contributed by atoms with Crippen LogP contribution in [0.15, 0.2) is 53.6 Å². The maximum Gasteiger partial charge on any atom is 0.270 e. The Labute approximate surface area is 161 Å². The zero-order chi connectivity index (χ0) is 19.0. The highest BCUT2D eigenvalue weighted by Crippen LogP contribution is 2.26. The van der Waals surface area contributed by atoms with Gasteiger partial charge in [0, 0.05) is 38.6 Å². The van der Waals surface area contributed by atoms with Crippen LogP contribution in [0, 0.1) is 6.92 Å². The van der Waals surface area contributed by atoms with E-state index < -0.39 is 0 Å². The lowest BCUT2D eigenvalue weighted by Gasteiger charge is -2.36. The number of fused-ring (bicyclic) bond motifs is 1. The molecule has 0 radical (unpaired) electrons. The molecule has 3 heterocycles. The van der Waals surface area contributed by atoms with E-state index in [0.717, 1.165) is 11.3 Å². The number of rotatable bonds is 2. The topological polar surface area (TPSA) is 57.9 Å². The molecule has 1 aliphatic heterocycles. The van der Waals surface area contributed by atoms with E-state index in [1.807, 2.05) is 37.3 Å². The third-order valence-corrected chi connectivity index (χ3v) is 5.16. The van der Waals surface area contributed by atoms with E-state index in [0.29, 0.717) is 36.8 Å². The van der Waals surface area contributed by atoms with Crippen molar-refractivity contribution in [3.8, 4) is 0 Å². The molecule has 1 saturated heterocycles. The van der Waals surface area contributed by atoms with Crippen molar-refractivity contribution in [3.63, 3.8) is 0 Å². The van der Waals surface area contributed by atoms with Crippen LogP contribution in [0.1, 0.15) is 15.9 Å². The van der Waals surface area contributed by atoms with E-state index in [9.17, 15) is 9.59 Å². The van der Waals surface area contributed by atoms with Crippen molar-refractivity contribution in [2.24, 2.45) is 0 Å². The molecule has 6 nitrogen and oxygen atoms in total. The number of para-hydroxylation sites is 1. The Bertz CT molecular complexity index is 1070. The van der Waals surface area contributed by atoms with Gasteiger partial charge in [0.25, 0.3) is 11.5 Å². The van der Waals surface area contributed by atoms with Crippen LogP contribution in [-0.2, 0) is 0 Å². The SMILES string of the molecule is Cc1ccc2ncc(C(=O)N3CCN(c4ccccc4Cl)CC3)c(=O)n2c1. The van der Waals surface area contributed by atoms with E-state index in [-0.39, 0.29) is 17.0 Å². The van der Waals surface area contributed by atoms with E-state index in [1.54, 1.807) is 17.2 Å². The second-order valence-corrected chi connectivity index (χ2v) is 7.05. The zero-order valence-corrected chi connectivity index (χ0v) is 15.7. The van der Waals surface area contributed by atoms with Gasteiger partial charge in [-0.1, -0.05) is 29.8 Å². The third-order valence-electron chi connectivity index (χ3n) is 4.84. The molecule has 1 aliphatic rings. The van der Waals surface area contributed by atoms with Crippen molar-refractivity contribution >= 4 is 28.8 Å². The van der Waals surface area contributed by atoms with Gasteiger partial charge in [0.2, 0.25) is 0 Å². The first-order valence-corrected chi connectivity index (χ1v) is 9.19. The number of benzene rings is 1. The summed E-state index contributed by atoms with van der Waals surface area (Å²) in [6.07, 6.45) is 3.09. The maximum atomic E-state index is 12.9. The van der Waals surface area contributed by atoms with E-state index in [2.05, 4.69) is 9.88 Å². The molecule has 0 N–H and O–H groups in total. The average Bonchev–Trinajstić information content (AvgIpc) is 2.69. The smallest absolute Gasteiger partial charge is 0.270 e. The number of aryl methyl sites for hydroxylation is 1. The van der Waals surface area contributed by atoms with Gasteiger partial charge in [-0.25, -0.2) is 4.98 Å². The second kappa shape index (κ2) is 7.04. The number of hydrogen-bond acceptors (Lipinski definition) is 4. The molecule has 0 bridgehead atoms. The number of aromatic nitrogens is 2. The van der Waals surface area contributed by atoms with Gasteiger partial charge in [-0.2, -0.15) is 0 Å². The summed E-state index contributed by atoms with van der Waals surface area (Å²) in [5, 5.41) is 0.699. The van der Waals surface area contributed by atoms with Gasteiger partial charge in [-0.15, -0.1) is 0 Å². The van der Waals surface area contributed by atoms with Gasteiger partial charge in [0.1, 0.15) is 11.2 Å². The Morgan fingerprint density at radius 3 is 2.56 bits per heavy atom. The summed E-state index contributed by atoms with van der Waals surface area (Å²) in [4.78, 5) is 33.7. The highest BCUT2D eigenvalue weighted by atomic mass is 35.5. The monoisotopic (exact) mass is 382 g/mol. The number of amides is 1. The van der Waals surface area contributed by atoms with Crippen molar-refractivity contribution < 1.29 is 4.79 Å². The number of anilines is 1. The minimum atomic E-state index is -0.331. The van der Waals surface area contributed by atoms with Gasteiger partial charge >= 0.3 is 0 Å². The summed E-state index contributed by atoms with van der Waals surface area (Å²) in [7, 11) is 0. The number of piperazine rings is 1. The van der Waals surface area contributed by atoms with E-state index in [1.165, 1.54) is 10.6 Å². The van der Waals surface area contributed by atoms with Gasteiger partial charge in [-0.05, 0) is 30.7 Å². The van der Waals surface area contributed by atoms with Crippen LogP contribution < -0.4 is 10.5 Å². The zero-order valence-electron chi connectivity index (χ0n) is 14.9. The Kier molecular flexibility index (Phi) is 4.58. The van der Waals surface area contributed by atoms with Crippen molar-refractivity contribution in [2.75, 3.05) is 31.1 Å². The first kappa shape index (κ1) is 17.5. The summed E-state index contributed by atoms with van der Waals surface area (Å²) < 4.78 is 1.43. The van der Waals surface area contributed by atoms with Crippen molar-refractivity contribution in [1.82, 2.24) is 14.3 Å². The van der Waals surface area contributed by atoms with Crippen LogP contribution in [0.25, 0.3) is 5.65 Å². The molecule has 7 heteroatoms. The molecule has 27 heavy (non-hydrogen) atoms. The fourth-order valence-corrected chi connectivity index (χ4v) is 3.61. The Morgan fingerprint density at radius 1 is 1.07 bits per heavy atom. The number of pyridine rings is 1. The van der Waals surface area contributed by atoms with Crippen molar-refractivity contribution in [3.05, 3.63) is 75.3 Å². The van der Waals surface area contributed by atoms with E-state index in [4.69, 9.17) is 11.6 Å². The van der Waals surface area contributed by atoms with Crippen LogP contribution in [0.5, 0.6) is 0 Å². The van der Waals surface area contributed by atoms with Crippen LogP contribution in [0.2, 0.25) is 5.02 Å². The van der Waals surface area contributed by atoms with Crippen LogP contribution in [0.3, 0.4) is 0 Å². The average molecular weight is 383 g/mol. The van der Waals surface area contributed by atoms with Crippen molar-refractivity contribution in [1.29, 1.82) is 0 Å². The predicted molar refractivity (Wildman–Crippen MR) is 106 cm³/mol. The van der Waals surface area contributed by atoms with E-state index >= 15 is 0 Å². The first-order chi connectivity index (χ1) is 13.0. The minimum absolute atomic E-state index is 0.101. The normalized spacial score (nSPS) is 14.6. The lowest BCUT2D eigenvalue weighted by molar-refractivity contribution is 0.0744. The lowest BCUT2D eigenvalue weighted by atomic mass is 10.2. The molecule has 4 rings (SSSR count). The van der Waals surface area contributed by atoms with Gasteiger partial charge in [0.15, 0.2) is 0 Å². The van der Waals surface area contributed by atoms with Crippen molar-refractivity contribution in [2.45, 2.75) is 6.92 Å². The highest BCUT2D eigenvalue weighted by molar-refractivity contribution is 6.33. The molecule has 0 unspecified atom stereocenters. The van der Waals surface area contributed by atoms with Crippen LogP contribution >= 0.6 is 11.6 Å². The standard InChI is InChI=1S/C20H19ClN4O2/c1-14-6-7-18-22-12-15(20(27)25(18)13-14)19(26)24-10-8-23(9-11-24)17-5-3-2-4-16(17)21/h2-7,12-13H,8-11H2,1H3. The Hall–Kier alpha value is -2.86. The molecule has 2 aromatic heterocycles. The number of hydrogen-bond donors (Lipinski definition) is 0. The molecule has 0 saturated carbocycles. The molecule has 0 spiro atoms. The summed E-state index contributed by atoms with van der Waals surface area (Å²) in [5.74, 6) is -0.276. The quantitative estimate of drug-likeness (QED) is 0.683. The summed E-state index contributed by atoms with van der Waals surface area (Å²) in [6.45, 7) is 4.28. The minimum Gasteiger partial charge on any atom is -0.367 e. The summed E-state index contributed by atoms with van der Waals surface area (Å²) in [6, 6.07) is 11.3. The lowest BCUT2D eigenvalue weighted by Crippen LogP contribution is -2.49. The first-order valence-electron chi connectivity index (χ1n) is 8.81. The molecule has 3 aromatic rings. The van der Waals surface area contributed by atoms with Gasteiger partial charge < -0.3 is 9.80 Å². The molecule has 1 fully saturated rings. The molecule has 0 atom stereocenters. The molecule has 0 aliphatic carbocycles. The molecular formula is C20H19ClN4O2. The van der Waals surface area contributed by atoms with Gasteiger partial charge in [-0.3, -0.25) is 14.0 Å². The Balaban J connectivity index is 1.55. The maximum absolute atomic E-state index is 12.9.